The van der Waals surface area contributed by atoms with Crippen LogP contribution in [0.1, 0.15) is 40.0 Å². The Hall–Kier alpha value is -1.26. The van der Waals surface area contributed by atoms with Gasteiger partial charge < -0.3 is 9.84 Å². The Morgan fingerprint density at radius 2 is 1.94 bits per heavy atom. The number of rotatable bonds is 1. The summed E-state index contributed by atoms with van der Waals surface area (Å²) in [5.41, 5.74) is -0.581. The van der Waals surface area contributed by atoms with E-state index in [4.69, 9.17) is 4.74 Å². The molecule has 2 aliphatic rings. The van der Waals surface area contributed by atoms with E-state index in [1.807, 2.05) is 0 Å². The lowest BCUT2D eigenvalue weighted by Gasteiger charge is -2.34. The van der Waals surface area contributed by atoms with Crippen molar-refractivity contribution in [1.29, 1.82) is 0 Å². The molecule has 0 spiro atoms. The first-order valence-electron chi connectivity index (χ1n) is 6.04. The van der Waals surface area contributed by atoms with Gasteiger partial charge in [-0.3, -0.25) is 4.90 Å². The molecule has 1 amide bonds. The van der Waals surface area contributed by atoms with Crippen LogP contribution in [0.15, 0.2) is 0 Å². The van der Waals surface area contributed by atoms with Gasteiger partial charge in [-0.15, -0.1) is 0 Å². The fourth-order valence-corrected chi connectivity index (χ4v) is 2.88. The first-order valence-corrected chi connectivity index (χ1v) is 6.04. The van der Waals surface area contributed by atoms with Crippen molar-refractivity contribution in [3.8, 4) is 0 Å². The number of aliphatic carboxylic acids is 1. The fraction of sp³-hybridized carbons (Fsp3) is 0.833. The number of likely N-dealkylation sites (tertiary alicyclic amines) is 1. The number of carbonyl (C=O) groups excluding carboxylic acids is 1. The fourth-order valence-electron chi connectivity index (χ4n) is 2.88. The third kappa shape index (κ3) is 2.23. The highest BCUT2D eigenvalue weighted by molar-refractivity contribution is 5.82. The molecule has 96 valence electrons. The van der Waals surface area contributed by atoms with Crippen LogP contribution in [0.5, 0.6) is 0 Å². The molecule has 0 unspecified atom stereocenters. The normalized spacial score (nSPS) is 31.7. The summed E-state index contributed by atoms with van der Waals surface area (Å²) in [6.07, 6.45) is 2.11. The van der Waals surface area contributed by atoms with E-state index in [-0.39, 0.29) is 12.0 Å². The topological polar surface area (TPSA) is 66.8 Å². The van der Waals surface area contributed by atoms with Gasteiger partial charge in [-0.2, -0.15) is 0 Å². The third-order valence-corrected chi connectivity index (χ3v) is 3.44. The Balaban J connectivity index is 2.14. The number of fused-ring (bicyclic) bond motifs is 2. The number of hydrogen-bond donors (Lipinski definition) is 1. The lowest BCUT2D eigenvalue weighted by atomic mass is 9.99. The quantitative estimate of drug-likeness (QED) is 0.761. The van der Waals surface area contributed by atoms with Gasteiger partial charge in [-0.1, -0.05) is 0 Å². The van der Waals surface area contributed by atoms with Gasteiger partial charge >= 0.3 is 12.1 Å². The average molecular weight is 241 g/mol. The molecule has 17 heavy (non-hydrogen) atoms. The van der Waals surface area contributed by atoms with Gasteiger partial charge in [0.25, 0.3) is 0 Å². The van der Waals surface area contributed by atoms with E-state index in [0.29, 0.717) is 0 Å². The number of nitrogens with zero attached hydrogens (tertiary/aromatic N) is 1. The molecule has 1 saturated heterocycles. The molecule has 1 aliphatic carbocycles. The Morgan fingerprint density at radius 1 is 1.29 bits per heavy atom. The number of ether oxygens (including phenoxy) is 1. The minimum absolute atomic E-state index is 0.0518. The van der Waals surface area contributed by atoms with Crippen molar-refractivity contribution in [3.05, 3.63) is 0 Å². The lowest BCUT2D eigenvalue weighted by molar-refractivity contribution is -0.144. The van der Waals surface area contributed by atoms with Gasteiger partial charge in [0.2, 0.25) is 0 Å². The van der Waals surface area contributed by atoms with E-state index in [1.165, 1.54) is 4.90 Å². The molecule has 0 radical (unpaired) electrons. The van der Waals surface area contributed by atoms with Gasteiger partial charge in [-0.05, 0) is 46.0 Å². The van der Waals surface area contributed by atoms with Gasteiger partial charge in [0.15, 0.2) is 0 Å². The summed E-state index contributed by atoms with van der Waals surface area (Å²) in [6.45, 7) is 5.36. The summed E-state index contributed by atoms with van der Waals surface area (Å²) in [6, 6.07) is -0.639. The highest BCUT2D eigenvalue weighted by Gasteiger charge is 2.52. The van der Waals surface area contributed by atoms with Crippen LogP contribution in [-0.2, 0) is 9.53 Å². The van der Waals surface area contributed by atoms with Crippen molar-refractivity contribution >= 4 is 12.1 Å². The molecule has 0 aromatic heterocycles. The smallest absolute Gasteiger partial charge is 0.411 e. The highest BCUT2D eigenvalue weighted by atomic mass is 16.6. The number of carbonyl (C=O) groups is 2. The van der Waals surface area contributed by atoms with Crippen LogP contribution in [0.2, 0.25) is 0 Å². The van der Waals surface area contributed by atoms with Crippen LogP contribution >= 0.6 is 0 Å². The Bertz CT molecular complexity index is 347. The molecule has 2 fully saturated rings. The van der Waals surface area contributed by atoms with Crippen LogP contribution in [-0.4, -0.2) is 39.8 Å². The van der Waals surface area contributed by atoms with Crippen molar-refractivity contribution in [1.82, 2.24) is 4.90 Å². The van der Waals surface area contributed by atoms with E-state index in [1.54, 1.807) is 20.8 Å². The van der Waals surface area contributed by atoms with Crippen molar-refractivity contribution < 1.29 is 19.4 Å². The molecule has 1 saturated carbocycles. The summed E-state index contributed by atoms with van der Waals surface area (Å²) < 4.78 is 5.28. The molecule has 1 heterocycles. The molecule has 1 N–H and O–H groups in total. The molecule has 0 aromatic carbocycles. The number of piperidine rings is 1. The standard InChI is InChI=1S/C12H19NO4/c1-12(2,3)17-11(16)13-8-5-4-7(6-8)9(13)10(14)15/h7-9H,4-6H2,1-3H3,(H,14,15)/t7-,8+,9+/m0/s1. The third-order valence-electron chi connectivity index (χ3n) is 3.44. The summed E-state index contributed by atoms with van der Waals surface area (Å²) in [7, 11) is 0. The maximum Gasteiger partial charge on any atom is 0.411 e. The zero-order valence-electron chi connectivity index (χ0n) is 10.5. The second-order valence-electron chi connectivity index (χ2n) is 5.90. The molecule has 0 aromatic rings. The molecular weight excluding hydrogens is 222 g/mol. The van der Waals surface area contributed by atoms with E-state index >= 15 is 0 Å². The van der Waals surface area contributed by atoms with Gasteiger partial charge in [0.05, 0.1) is 0 Å². The number of hydrogen-bond acceptors (Lipinski definition) is 3. The Morgan fingerprint density at radius 3 is 2.47 bits per heavy atom. The minimum atomic E-state index is -0.914. The minimum Gasteiger partial charge on any atom is -0.480 e. The summed E-state index contributed by atoms with van der Waals surface area (Å²) >= 11 is 0. The maximum atomic E-state index is 12.0. The van der Waals surface area contributed by atoms with Gasteiger partial charge in [0, 0.05) is 6.04 Å². The summed E-state index contributed by atoms with van der Waals surface area (Å²) in [5, 5.41) is 9.20. The predicted molar refractivity (Wildman–Crippen MR) is 60.6 cm³/mol. The zero-order chi connectivity index (χ0) is 12.8. The second-order valence-corrected chi connectivity index (χ2v) is 5.90. The van der Waals surface area contributed by atoms with E-state index in [9.17, 15) is 14.7 Å². The number of carboxylic acid groups (broad SMARTS) is 1. The average Bonchev–Trinajstić information content (AvgIpc) is 2.72. The van der Waals surface area contributed by atoms with Crippen LogP contribution in [0.4, 0.5) is 4.79 Å². The van der Waals surface area contributed by atoms with Gasteiger partial charge in [-0.25, -0.2) is 9.59 Å². The van der Waals surface area contributed by atoms with Gasteiger partial charge in [0.1, 0.15) is 11.6 Å². The molecule has 5 nitrogen and oxygen atoms in total. The summed E-state index contributed by atoms with van der Waals surface area (Å²) in [4.78, 5) is 24.7. The van der Waals surface area contributed by atoms with Crippen molar-refractivity contribution in [2.24, 2.45) is 5.92 Å². The number of amides is 1. The molecule has 2 rings (SSSR count). The first-order chi connectivity index (χ1) is 7.79. The largest absolute Gasteiger partial charge is 0.480 e. The Kier molecular flexibility index (Phi) is 2.79. The van der Waals surface area contributed by atoms with Crippen molar-refractivity contribution in [2.45, 2.75) is 57.7 Å². The highest BCUT2D eigenvalue weighted by Crippen LogP contribution is 2.43. The van der Waals surface area contributed by atoms with E-state index in [0.717, 1.165) is 19.3 Å². The molecule has 3 atom stereocenters. The summed E-state index contributed by atoms with van der Waals surface area (Å²) in [5.74, 6) is -0.812. The molecule has 5 heteroatoms. The first kappa shape index (κ1) is 12.2. The zero-order valence-corrected chi connectivity index (χ0v) is 10.5. The monoisotopic (exact) mass is 241 g/mol. The molecular formula is C12H19NO4. The van der Waals surface area contributed by atoms with E-state index in [2.05, 4.69) is 0 Å². The van der Waals surface area contributed by atoms with Crippen LogP contribution in [0, 0.1) is 5.92 Å². The van der Waals surface area contributed by atoms with Crippen molar-refractivity contribution in [3.63, 3.8) is 0 Å². The second kappa shape index (κ2) is 3.89. The van der Waals surface area contributed by atoms with Crippen molar-refractivity contribution in [2.75, 3.05) is 0 Å². The lowest BCUT2D eigenvalue weighted by Crippen LogP contribution is -2.50. The molecule has 1 aliphatic heterocycles. The Labute approximate surface area is 101 Å². The van der Waals surface area contributed by atoms with Crippen LogP contribution in [0.25, 0.3) is 0 Å². The van der Waals surface area contributed by atoms with E-state index < -0.39 is 23.7 Å². The number of carboxylic acids is 1. The predicted octanol–water partition coefficient (Wildman–Crippen LogP) is 1.86. The van der Waals surface area contributed by atoms with Crippen LogP contribution in [0.3, 0.4) is 0 Å². The maximum absolute atomic E-state index is 12.0. The molecule has 2 bridgehead atoms. The SMILES string of the molecule is CC(C)(C)OC(=O)N1[C@@H]2CC[C@@H](C2)[C@@H]1C(=O)O. The van der Waals surface area contributed by atoms with Crippen LogP contribution < -0.4 is 0 Å².